The van der Waals surface area contributed by atoms with Crippen LogP contribution in [0.25, 0.3) is 11.0 Å². The van der Waals surface area contributed by atoms with Gasteiger partial charge in [0.25, 0.3) is 5.91 Å². The third-order valence-corrected chi connectivity index (χ3v) is 5.17. The number of carbonyl (C=O) groups excluding carboxylic acids is 1. The van der Waals surface area contributed by atoms with E-state index in [-0.39, 0.29) is 11.9 Å². The van der Waals surface area contributed by atoms with Crippen molar-refractivity contribution in [2.45, 2.75) is 25.8 Å². The molecule has 4 rings (SSSR count). The largest absolute Gasteiger partial charge is 0.493 e. The lowest BCUT2D eigenvalue weighted by atomic mass is 10.1. The average Bonchev–Trinajstić information content (AvgIpc) is 3.44. The van der Waals surface area contributed by atoms with Gasteiger partial charge in [-0.05, 0) is 37.8 Å². The molecule has 1 fully saturated rings. The Labute approximate surface area is 161 Å². The highest BCUT2D eigenvalue weighted by atomic mass is 35.5. The van der Waals surface area contributed by atoms with Crippen LogP contribution in [0.5, 0.6) is 5.75 Å². The van der Waals surface area contributed by atoms with Gasteiger partial charge in [0.15, 0.2) is 5.75 Å². The maximum absolute atomic E-state index is 12.7. The van der Waals surface area contributed by atoms with Crippen LogP contribution >= 0.6 is 11.6 Å². The van der Waals surface area contributed by atoms with Crippen LogP contribution in [0.1, 0.15) is 40.9 Å². The van der Waals surface area contributed by atoms with Crippen LogP contribution in [0.15, 0.2) is 24.5 Å². The maximum atomic E-state index is 12.7. The first-order valence-electron chi connectivity index (χ1n) is 8.78. The van der Waals surface area contributed by atoms with Gasteiger partial charge in [-0.15, -0.1) is 0 Å². The van der Waals surface area contributed by atoms with Crippen molar-refractivity contribution in [3.63, 3.8) is 0 Å². The fraction of sp³-hybridized carbons (Fsp3) is 0.368. The first-order valence-corrected chi connectivity index (χ1v) is 9.15. The topological polar surface area (TPSA) is 81.9 Å². The summed E-state index contributed by atoms with van der Waals surface area (Å²) in [5.74, 6) is 1.42. The van der Waals surface area contributed by atoms with Gasteiger partial charge in [-0.3, -0.25) is 9.78 Å². The summed E-state index contributed by atoms with van der Waals surface area (Å²) >= 11 is 6.24. The second-order valence-corrected chi connectivity index (χ2v) is 7.22. The molecule has 1 aromatic carbocycles. The number of aromatic nitrogens is 4. The molecule has 0 bridgehead atoms. The molecular weight excluding hydrogens is 366 g/mol. The van der Waals surface area contributed by atoms with Gasteiger partial charge in [0, 0.05) is 13.2 Å². The number of halogens is 1. The second kappa shape index (κ2) is 6.81. The van der Waals surface area contributed by atoms with Gasteiger partial charge >= 0.3 is 0 Å². The van der Waals surface area contributed by atoms with E-state index in [9.17, 15) is 4.79 Å². The van der Waals surface area contributed by atoms with Crippen molar-refractivity contribution in [1.29, 1.82) is 0 Å². The third kappa shape index (κ3) is 3.23. The smallest absolute Gasteiger partial charge is 0.272 e. The average molecular weight is 386 g/mol. The van der Waals surface area contributed by atoms with Crippen molar-refractivity contribution in [2.24, 2.45) is 13.0 Å². The summed E-state index contributed by atoms with van der Waals surface area (Å²) < 4.78 is 7.42. The molecule has 3 aromatic rings. The molecule has 0 radical (unpaired) electrons. The highest BCUT2D eigenvalue weighted by Crippen LogP contribution is 2.42. The molecule has 1 amide bonds. The summed E-state index contributed by atoms with van der Waals surface area (Å²) in [6.45, 7) is 1.83. The number of imidazole rings is 1. The molecule has 7 nitrogen and oxygen atoms in total. The zero-order valence-electron chi connectivity index (χ0n) is 15.4. The van der Waals surface area contributed by atoms with E-state index in [1.165, 1.54) is 6.20 Å². The lowest BCUT2D eigenvalue weighted by Crippen LogP contribution is -2.32. The number of aryl methyl sites for hydroxylation is 2. The van der Waals surface area contributed by atoms with E-state index >= 15 is 0 Å². The Morgan fingerprint density at radius 2 is 2.11 bits per heavy atom. The van der Waals surface area contributed by atoms with E-state index in [1.54, 1.807) is 19.4 Å². The molecule has 1 N–H and O–H groups in total. The zero-order chi connectivity index (χ0) is 19.1. The Kier molecular flexibility index (Phi) is 4.47. The number of nitrogens with one attached hydrogen (secondary N) is 1. The van der Waals surface area contributed by atoms with E-state index in [2.05, 4.69) is 15.3 Å². The van der Waals surface area contributed by atoms with Crippen LogP contribution in [-0.4, -0.2) is 32.5 Å². The number of nitrogens with zero attached hydrogens (tertiary/aromatic N) is 4. The Hall–Kier alpha value is -2.67. The molecule has 140 valence electrons. The normalized spacial score (nSPS) is 15.0. The van der Waals surface area contributed by atoms with Crippen molar-refractivity contribution >= 4 is 28.5 Å². The summed E-state index contributed by atoms with van der Waals surface area (Å²) in [4.78, 5) is 25.8. The van der Waals surface area contributed by atoms with E-state index in [1.807, 2.05) is 24.6 Å². The molecule has 2 heterocycles. The van der Waals surface area contributed by atoms with Gasteiger partial charge in [-0.1, -0.05) is 11.6 Å². The second-order valence-electron chi connectivity index (χ2n) is 6.81. The van der Waals surface area contributed by atoms with Gasteiger partial charge in [0.1, 0.15) is 17.0 Å². The molecule has 8 heteroatoms. The highest BCUT2D eigenvalue weighted by Gasteiger charge is 2.37. The number of ether oxygens (including phenoxy) is 1. The van der Waals surface area contributed by atoms with Crippen LogP contribution in [0, 0.1) is 12.8 Å². The van der Waals surface area contributed by atoms with Crippen molar-refractivity contribution in [2.75, 3.05) is 7.11 Å². The minimum absolute atomic E-state index is 0.207. The number of methoxy groups -OCH3 is 1. The van der Waals surface area contributed by atoms with E-state index < -0.39 is 0 Å². The van der Waals surface area contributed by atoms with Gasteiger partial charge < -0.3 is 14.6 Å². The number of benzene rings is 1. The Bertz CT molecular complexity index is 1010. The minimum Gasteiger partial charge on any atom is -0.493 e. The molecule has 1 aliphatic carbocycles. The lowest BCUT2D eigenvalue weighted by Gasteiger charge is -2.18. The fourth-order valence-corrected chi connectivity index (χ4v) is 3.48. The zero-order valence-corrected chi connectivity index (χ0v) is 16.1. The minimum atomic E-state index is -0.253. The van der Waals surface area contributed by atoms with Crippen LogP contribution in [-0.2, 0) is 7.05 Å². The predicted octanol–water partition coefficient (Wildman–Crippen LogP) is 3.21. The van der Waals surface area contributed by atoms with E-state index in [0.717, 1.165) is 29.9 Å². The standard InChI is InChI=1S/C19H20ClN5O2/c1-10-8-22-13(9-21-10)19(26)24-15(11-4-5-11)18-23-16-14(25(18)2)7-6-12(20)17(16)27-3/h6-9,11,15H,4-5H2,1-3H3,(H,24,26)/t15-/m0/s1. The number of hydrogen-bond acceptors (Lipinski definition) is 5. The Morgan fingerprint density at radius 1 is 1.33 bits per heavy atom. The highest BCUT2D eigenvalue weighted by molar-refractivity contribution is 6.33. The fourth-order valence-electron chi connectivity index (χ4n) is 3.25. The number of amides is 1. The first kappa shape index (κ1) is 17.7. The number of rotatable bonds is 5. The molecule has 2 aromatic heterocycles. The maximum Gasteiger partial charge on any atom is 0.272 e. The molecule has 1 saturated carbocycles. The molecule has 0 unspecified atom stereocenters. The van der Waals surface area contributed by atoms with E-state index in [4.69, 9.17) is 21.3 Å². The molecular formula is C19H20ClN5O2. The first-order chi connectivity index (χ1) is 13.0. The molecule has 0 aliphatic heterocycles. The SMILES string of the molecule is COc1c(Cl)ccc2c1nc([C@@H](NC(=O)c1cnc(C)cn1)C1CC1)n2C. The predicted molar refractivity (Wildman–Crippen MR) is 102 cm³/mol. The molecule has 1 aliphatic rings. The Morgan fingerprint density at radius 3 is 2.74 bits per heavy atom. The van der Waals surface area contributed by atoms with Crippen LogP contribution in [0.2, 0.25) is 5.02 Å². The monoisotopic (exact) mass is 385 g/mol. The summed E-state index contributed by atoms with van der Waals surface area (Å²) in [6, 6.07) is 3.50. The Balaban J connectivity index is 1.71. The summed E-state index contributed by atoms with van der Waals surface area (Å²) in [7, 11) is 3.51. The van der Waals surface area contributed by atoms with E-state index in [0.29, 0.717) is 27.9 Å². The van der Waals surface area contributed by atoms with Gasteiger partial charge in [-0.25, -0.2) is 9.97 Å². The van der Waals surface area contributed by atoms with Gasteiger partial charge in [0.2, 0.25) is 0 Å². The molecule has 1 atom stereocenters. The summed E-state index contributed by atoms with van der Waals surface area (Å²) in [5.41, 5.74) is 2.66. The van der Waals surface area contributed by atoms with Crippen molar-refractivity contribution < 1.29 is 9.53 Å². The molecule has 27 heavy (non-hydrogen) atoms. The third-order valence-electron chi connectivity index (χ3n) is 4.87. The molecule has 0 spiro atoms. The number of fused-ring (bicyclic) bond motifs is 1. The quantitative estimate of drug-likeness (QED) is 0.729. The van der Waals surface area contributed by atoms with Gasteiger partial charge in [-0.2, -0.15) is 0 Å². The van der Waals surface area contributed by atoms with Crippen LogP contribution in [0.3, 0.4) is 0 Å². The van der Waals surface area contributed by atoms with Crippen molar-refractivity contribution in [3.8, 4) is 5.75 Å². The van der Waals surface area contributed by atoms with Gasteiger partial charge in [0.05, 0.1) is 35.6 Å². The number of carbonyl (C=O) groups is 1. The van der Waals surface area contributed by atoms with Crippen molar-refractivity contribution in [3.05, 3.63) is 46.8 Å². The molecule has 0 saturated heterocycles. The summed E-state index contributed by atoms with van der Waals surface area (Å²) in [5, 5.41) is 3.60. The van der Waals surface area contributed by atoms with Crippen molar-refractivity contribution in [1.82, 2.24) is 24.8 Å². The lowest BCUT2D eigenvalue weighted by molar-refractivity contribution is 0.0923. The number of hydrogen-bond donors (Lipinski definition) is 1. The van der Waals surface area contributed by atoms with Crippen LogP contribution < -0.4 is 10.1 Å². The summed E-state index contributed by atoms with van der Waals surface area (Å²) in [6.07, 6.45) is 5.17. The van der Waals surface area contributed by atoms with Crippen LogP contribution in [0.4, 0.5) is 0 Å².